The van der Waals surface area contributed by atoms with Gasteiger partial charge in [0, 0.05) is 31.0 Å². The van der Waals surface area contributed by atoms with Gasteiger partial charge in [-0.15, -0.1) is 0 Å². The van der Waals surface area contributed by atoms with Crippen molar-refractivity contribution in [2.45, 2.75) is 6.42 Å². The van der Waals surface area contributed by atoms with Crippen molar-refractivity contribution < 1.29 is 9.53 Å². The summed E-state index contributed by atoms with van der Waals surface area (Å²) < 4.78 is 8.54. The van der Waals surface area contributed by atoms with Crippen molar-refractivity contribution in [3.63, 3.8) is 0 Å². The van der Waals surface area contributed by atoms with Gasteiger partial charge >= 0.3 is 5.97 Å². The number of hydrogen-bond acceptors (Lipinski definition) is 4. The number of nitrogens with zero attached hydrogens (tertiary/aromatic N) is 4. The Morgan fingerprint density at radius 1 is 1.12 bits per heavy atom. The van der Waals surface area contributed by atoms with Crippen LogP contribution in [0.25, 0.3) is 11.3 Å². The molecule has 1 aromatic carbocycles. The van der Waals surface area contributed by atoms with Gasteiger partial charge in [-0.3, -0.25) is 0 Å². The molecule has 4 aromatic rings. The fraction of sp³-hybridized carbons (Fsp3) is 0.105. The number of carbonyl (C=O) groups excluding carboxylic acids is 1. The number of benzene rings is 1. The normalized spacial score (nSPS) is 10.9. The summed E-state index contributed by atoms with van der Waals surface area (Å²) in [6.07, 6.45) is 9.84. The maximum Gasteiger partial charge on any atom is 0.341 e. The number of ether oxygens (including phenoxy) is 1. The van der Waals surface area contributed by atoms with Crippen LogP contribution in [0.5, 0.6) is 0 Å². The Balaban J connectivity index is 1.65. The molecule has 0 unspecified atom stereocenters. The number of imidazole rings is 1. The second-order valence-electron chi connectivity index (χ2n) is 5.71. The molecule has 0 N–H and O–H groups in total. The number of fused-ring (bicyclic) bond motifs is 1. The van der Waals surface area contributed by atoms with Gasteiger partial charge in [0.25, 0.3) is 0 Å². The Labute approximate surface area is 144 Å². The van der Waals surface area contributed by atoms with Crippen LogP contribution in [0.15, 0.2) is 67.4 Å². The molecule has 0 radical (unpaired) electrons. The van der Waals surface area contributed by atoms with Crippen molar-refractivity contribution in [3.8, 4) is 5.69 Å². The topological polar surface area (TPSA) is 61.4 Å². The lowest BCUT2D eigenvalue weighted by Crippen LogP contribution is -2.06. The zero-order valence-electron chi connectivity index (χ0n) is 13.7. The van der Waals surface area contributed by atoms with E-state index in [1.807, 2.05) is 51.9 Å². The Kier molecular flexibility index (Phi) is 3.78. The summed E-state index contributed by atoms with van der Waals surface area (Å²) in [7, 11) is 1.38. The van der Waals surface area contributed by atoms with Crippen LogP contribution in [0.1, 0.15) is 21.5 Å². The zero-order chi connectivity index (χ0) is 17.2. The van der Waals surface area contributed by atoms with E-state index in [2.05, 4.69) is 22.2 Å². The van der Waals surface area contributed by atoms with E-state index in [1.54, 1.807) is 12.4 Å². The van der Waals surface area contributed by atoms with E-state index in [4.69, 9.17) is 4.74 Å². The minimum Gasteiger partial charge on any atom is -0.465 e. The third kappa shape index (κ3) is 2.89. The highest BCUT2D eigenvalue weighted by molar-refractivity contribution is 5.95. The summed E-state index contributed by atoms with van der Waals surface area (Å²) in [4.78, 5) is 16.2. The van der Waals surface area contributed by atoms with Crippen LogP contribution in [0, 0.1) is 0 Å². The predicted molar refractivity (Wildman–Crippen MR) is 92.9 cm³/mol. The van der Waals surface area contributed by atoms with Crippen LogP contribution >= 0.6 is 0 Å². The Morgan fingerprint density at radius 3 is 2.68 bits per heavy atom. The molecule has 0 amide bonds. The van der Waals surface area contributed by atoms with Gasteiger partial charge in [-0.2, -0.15) is 5.10 Å². The average Bonchev–Trinajstić information content (AvgIpc) is 3.32. The van der Waals surface area contributed by atoms with E-state index in [-0.39, 0.29) is 5.97 Å². The van der Waals surface area contributed by atoms with Gasteiger partial charge in [-0.05, 0) is 41.8 Å². The SMILES string of the molecule is COC(=O)c1cc(Cc2ccc(-n3cccn3)cc2)cn2ccnc12. The molecular formula is C19H16N4O2. The van der Waals surface area contributed by atoms with E-state index in [9.17, 15) is 4.79 Å². The van der Waals surface area contributed by atoms with Crippen LogP contribution in [-0.2, 0) is 11.2 Å². The molecule has 0 atom stereocenters. The molecule has 0 spiro atoms. The molecule has 6 nitrogen and oxygen atoms in total. The number of pyridine rings is 1. The van der Waals surface area contributed by atoms with Gasteiger partial charge in [-0.1, -0.05) is 12.1 Å². The first-order chi connectivity index (χ1) is 12.2. The molecule has 0 saturated heterocycles. The monoisotopic (exact) mass is 332 g/mol. The quantitative estimate of drug-likeness (QED) is 0.539. The molecule has 3 aromatic heterocycles. The van der Waals surface area contributed by atoms with Crippen LogP contribution in [0.2, 0.25) is 0 Å². The number of carbonyl (C=O) groups is 1. The molecule has 25 heavy (non-hydrogen) atoms. The summed E-state index contributed by atoms with van der Waals surface area (Å²) in [5, 5.41) is 4.22. The van der Waals surface area contributed by atoms with Gasteiger partial charge < -0.3 is 9.14 Å². The number of methoxy groups -OCH3 is 1. The molecule has 0 bridgehead atoms. The standard InChI is InChI=1S/C19H16N4O2/c1-25-19(24)17-12-15(13-22-10-8-20-18(17)22)11-14-3-5-16(6-4-14)23-9-2-7-21-23/h2-10,12-13H,11H2,1H3. The van der Waals surface area contributed by atoms with E-state index in [0.717, 1.165) is 16.8 Å². The second-order valence-corrected chi connectivity index (χ2v) is 5.71. The highest BCUT2D eigenvalue weighted by Crippen LogP contribution is 2.18. The molecule has 0 aliphatic heterocycles. The predicted octanol–water partition coefficient (Wildman–Crippen LogP) is 2.90. The maximum atomic E-state index is 12.0. The van der Waals surface area contributed by atoms with E-state index < -0.39 is 0 Å². The zero-order valence-corrected chi connectivity index (χ0v) is 13.7. The molecule has 0 aliphatic rings. The first-order valence-corrected chi connectivity index (χ1v) is 7.87. The summed E-state index contributed by atoms with van der Waals surface area (Å²) in [6.45, 7) is 0. The van der Waals surface area contributed by atoms with Crippen LogP contribution < -0.4 is 0 Å². The van der Waals surface area contributed by atoms with Gasteiger partial charge in [0.1, 0.15) is 5.56 Å². The molecule has 124 valence electrons. The molecule has 0 aliphatic carbocycles. The van der Waals surface area contributed by atoms with Gasteiger partial charge in [-0.25, -0.2) is 14.5 Å². The van der Waals surface area contributed by atoms with E-state index in [1.165, 1.54) is 7.11 Å². The number of aromatic nitrogens is 4. The molecular weight excluding hydrogens is 316 g/mol. The third-order valence-electron chi connectivity index (χ3n) is 4.06. The minimum absolute atomic E-state index is 0.382. The van der Waals surface area contributed by atoms with E-state index >= 15 is 0 Å². The highest BCUT2D eigenvalue weighted by Gasteiger charge is 2.14. The van der Waals surface area contributed by atoms with Crippen molar-refractivity contribution >= 4 is 11.6 Å². The second kappa shape index (κ2) is 6.24. The number of hydrogen-bond donors (Lipinski definition) is 0. The minimum atomic E-state index is -0.382. The highest BCUT2D eigenvalue weighted by atomic mass is 16.5. The molecule has 0 saturated carbocycles. The Bertz CT molecular complexity index is 1020. The fourth-order valence-corrected chi connectivity index (χ4v) is 2.87. The number of esters is 1. The number of rotatable bonds is 4. The average molecular weight is 332 g/mol. The fourth-order valence-electron chi connectivity index (χ4n) is 2.87. The lowest BCUT2D eigenvalue weighted by molar-refractivity contribution is 0.0602. The van der Waals surface area contributed by atoms with Gasteiger partial charge in [0.15, 0.2) is 5.65 Å². The van der Waals surface area contributed by atoms with Crippen molar-refractivity contribution in [1.29, 1.82) is 0 Å². The molecule has 6 heteroatoms. The molecule has 0 fully saturated rings. The maximum absolute atomic E-state index is 12.0. The summed E-state index contributed by atoms with van der Waals surface area (Å²) in [5.74, 6) is -0.382. The Morgan fingerprint density at radius 2 is 1.96 bits per heavy atom. The third-order valence-corrected chi connectivity index (χ3v) is 4.06. The van der Waals surface area contributed by atoms with E-state index in [0.29, 0.717) is 17.6 Å². The van der Waals surface area contributed by atoms with Crippen LogP contribution in [0.4, 0.5) is 0 Å². The lowest BCUT2D eigenvalue weighted by Gasteiger charge is -2.08. The smallest absolute Gasteiger partial charge is 0.341 e. The van der Waals surface area contributed by atoms with Crippen molar-refractivity contribution in [2.75, 3.05) is 7.11 Å². The first-order valence-electron chi connectivity index (χ1n) is 7.87. The van der Waals surface area contributed by atoms with Crippen molar-refractivity contribution in [1.82, 2.24) is 19.2 Å². The van der Waals surface area contributed by atoms with Gasteiger partial charge in [0.2, 0.25) is 0 Å². The molecule has 3 heterocycles. The van der Waals surface area contributed by atoms with Crippen molar-refractivity contribution in [3.05, 3.63) is 84.1 Å². The van der Waals surface area contributed by atoms with Gasteiger partial charge in [0.05, 0.1) is 12.8 Å². The summed E-state index contributed by atoms with van der Waals surface area (Å²) in [5.41, 5.74) is 4.24. The van der Waals surface area contributed by atoms with Crippen LogP contribution in [0.3, 0.4) is 0 Å². The first kappa shape index (κ1) is 15.1. The summed E-state index contributed by atoms with van der Waals surface area (Å²) >= 11 is 0. The summed E-state index contributed by atoms with van der Waals surface area (Å²) in [6, 6.07) is 11.9. The molecule has 4 rings (SSSR count). The van der Waals surface area contributed by atoms with Crippen LogP contribution in [-0.4, -0.2) is 32.2 Å². The lowest BCUT2D eigenvalue weighted by atomic mass is 10.0. The van der Waals surface area contributed by atoms with Crippen molar-refractivity contribution in [2.24, 2.45) is 0 Å². The Hall–Kier alpha value is -3.41. The largest absolute Gasteiger partial charge is 0.465 e.